The number of halogens is 7. The van der Waals surface area contributed by atoms with Crippen molar-refractivity contribution < 1.29 is 45.3 Å². The molecule has 4 nitrogen and oxygen atoms in total. The first-order chi connectivity index (χ1) is 20.4. The normalized spacial score (nSPS) is 13.5. The zero-order chi connectivity index (χ0) is 31.2. The van der Waals surface area contributed by atoms with E-state index in [9.17, 15) is 35.8 Å². The van der Waals surface area contributed by atoms with E-state index in [4.69, 9.17) is 4.74 Å². The molecule has 0 aliphatic heterocycles. The highest BCUT2D eigenvalue weighted by molar-refractivity contribution is 5.42. The van der Waals surface area contributed by atoms with Crippen LogP contribution in [-0.4, -0.2) is 24.2 Å². The third kappa shape index (κ3) is 8.26. The fraction of sp³-hybridized carbons (Fsp3) is 0.250. The minimum absolute atomic E-state index is 0.114. The van der Waals surface area contributed by atoms with Gasteiger partial charge in [0.25, 0.3) is 0 Å². The number of rotatable bonds is 12. The molecule has 0 radical (unpaired) electrons. The van der Waals surface area contributed by atoms with Crippen LogP contribution in [0.4, 0.5) is 30.7 Å². The van der Waals surface area contributed by atoms with Crippen LogP contribution in [0.2, 0.25) is 0 Å². The first-order valence-electron chi connectivity index (χ1n) is 13.3. The molecule has 0 saturated heterocycles. The highest BCUT2D eigenvalue weighted by Gasteiger charge is 2.44. The van der Waals surface area contributed by atoms with Crippen molar-refractivity contribution in [3.63, 3.8) is 0 Å². The smallest absolute Gasteiger partial charge is 0.457 e. The summed E-state index contributed by atoms with van der Waals surface area (Å²) in [7, 11) is 0. The Morgan fingerprint density at radius 3 is 1.88 bits per heavy atom. The average Bonchev–Trinajstić information content (AvgIpc) is 2.97. The molecule has 0 amide bonds. The van der Waals surface area contributed by atoms with Gasteiger partial charge in [-0.05, 0) is 77.2 Å². The van der Waals surface area contributed by atoms with E-state index in [-0.39, 0.29) is 11.1 Å². The summed E-state index contributed by atoms with van der Waals surface area (Å²) in [4.78, 5) is 0. The Morgan fingerprint density at radius 2 is 1.28 bits per heavy atom. The van der Waals surface area contributed by atoms with Gasteiger partial charge in [0.2, 0.25) is 0 Å². The van der Waals surface area contributed by atoms with Crippen LogP contribution in [0, 0.1) is 0 Å². The van der Waals surface area contributed by atoms with Crippen molar-refractivity contribution in [2.45, 2.75) is 44.1 Å². The Balaban J connectivity index is 1.74. The second kappa shape index (κ2) is 13.5. The molecule has 0 fully saturated rings. The van der Waals surface area contributed by atoms with Crippen molar-refractivity contribution in [1.29, 1.82) is 0 Å². The molecule has 0 saturated carbocycles. The van der Waals surface area contributed by atoms with Gasteiger partial charge in [-0.3, -0.25) is 5.32 Å². The minimum Gasteiger partial charge on any atom is -0.457 e. The molecule has 2 atom stereocenters. The number of aryl methyl sites for hydroxylation is 1. The van der Waals surface area contributed by atoms with Crippen molar-refractivity contribution >= 4 is 0 Å². The van der Waals surface area contributed by atoms with Gasteiger partial charge in [0.15, 0.2) is 0 Å². The standard InChI is InChI=1S/C32H28F7NO3/c1-2-20-7-3-12-25(15-20)42-26-13-5-9-22(17-26)29(23-10-6-14-27(18-23)43-32(38,39)30(33)34)40-28(19-41)21-8-4-11-24(16-21)31(35,36)37/h3-18,28-30,40-41H,2,19H2,1H3. The molecule has 0 aliphatic rings. The zero-order valence-corrected chi connectivity index (χ0v) is 22.8. The van der Waals surface area contributed by atoms with Gasteiger partial charge in [0.1, 0.15) is 17.2 Å². The lowest BCUT2D eigenvalue weighted by atomic mass is 9.95. The summed E-state index contributed by atoms with van der Waals surface area (Å²) < 4.78 is 104. The molecule has 0 spiro atoms. The zero-order valence-electron chi connectivity index (χ0n) is 22.8. The lowest BCUT2D eigenvalue weighted by Crippen LogP contribution is -2.33. The molecule has 228 valence electrons. The van der Waals surface area contributed by atoms with Crippen LogP contribution >= 0.6 is 0 Å². The maximum Gasteiger partial charge on any atom is 0.461 e. The van der Waals surface area contributed by atoms with E-state index >= 15 is 0 Å². The first-order valence-corrected chi connectivity index (χ1v) is 13.3. The number of benzene rings is 4. The van der Waals surface area contributed by atoms with E-state index < -0.39 is 48.7 Å². The molecular formula is C32H28F7NO3. The van der Waals surface area contributed by atoms with Gasteiger partial charge in [-0.1, -0.05) is 55.5 Å². The average molecular weight is 608 g/mol. The number of hydrogen-bond acceptors (Lipinski definition) is 4. The van der Waals surface area contributed by atoms with Crippen molar-refractivity contribution in [3.8, 4) is 17.2 Å². The Labute approximate surface area is 243 Å². The van der Waals surface area contributed by atoms with Crippen molar-refractivity contribution in [2.75, 3.05) is 6.61 Å². The Kier molecular flexibility index (Phi) is 9.98. The highest BCUT2D eigenvalue weighted by atomic mass is 19.4. The van der Waals surface area contributed by atoms with Gasteiger partial charge in [-0.2, -0.15) is 30.7 Å². The molecule has 0 heterocycles. The molecule has 4 aromatic carbocycles. The molecule has 0 bridgehead atoms. The van der Waals surface area contributed by atoms with Crippen LogP contribution in [0.15, 0.2) is 97.1 Å². The van der Waals surface area contributed by atoms with Crippen LogP contribution < -0.4 is 14.8 Å². The lowest BCUT2D eigenvalue weighted by Gasteiger charge is -2.27. The fourth-order valence-corrected chi connectivity index (χ4v) is 4.45. The van der Waals surface area contributed by atoms with E-state index in [1.54, 1.807) is 30.3 Å². The maximum absolute atomic E-state index is 13.7. The number of hydrogen-bond donors (Lipinski definition) is 2. The summed E-state index contributed by atoms with van der Waals surface area (Å²) >= 11 is 0. The minimum atomic E-state index is -4.76. The van der Waals surface area contributed by atoms with Gasteiger partial charge in [-0.25, -0.2) is 0 Å². The molecule has 2 unspecified atom stereocenters. The molecular weight excluding hydrogens is 579 g/mol. The van der Waals surface area contributed by atoms with Gasteiger partial charge in [-0.15, -0.1) is 0 Å². The molecule has 4 rings (SSSR count). The SMILES string of the molecule is CCc1cccc(Oc2cccc(C(NC(CO)c3cccc(C(F)(F)F)c3)c3cccc(OC(F)(F)C(F)F)c3)c2)c1. The van der Waals surface area contributed by atoms with Gasteiger partial charge in [0, 0.05) is 0 Å². The highest BCUT2D eigenvalue weighted by Crippen LogP contribution is 2.35. The fourth-order valence-electron chi connectivity index (χ4n) is 4.45. The number of aliphatic hydroxyl groups is 1. The van der Waals surface area contributed by atoms with Crippen LogP contribution in [0.5, 0.6) is 17.2 Å². The van der Waals surface area contributed by atoms with Gasteiger partial charge < -0.3 is 14.6 Å². The topological polar surface area (TPSA) is 50.7 Å². The second-order valence-electron chi connectivity index (χ2n) is 9.67. The van der Waals surface area contributed by atoms with E-state index in [1.807, 2.05) is 25.1 Å². The summed E-state index contributed by atoms with van der Waals surface area (Å²) in [6.07, 6.45) is -12.7. The summed E-state index contributed by atoms with van der Waals surface area (Å²) in [5.74, 6) is 0.398. The largest absolute Gasteiger partial charge is 0.461 e. The Hall–Kier alpha value is -4.09. The van der Waals surface area contributed by atoms with Crippen LogP contribution in [0.25, 0.3) is 0 Å². The monoisotopic (exact) mass is 607 g/mol. The molecule has 11 heteroatoms. The van der Waals surface area contributed by atoms with E-state index in [2.05, 4.69) is 10.1 Å². The maximum atomic E-state index is 13.7. The first kappa shape index (κ1) is 31.8. The molecule has 0 aromatic heterocycles. The van der Waals surface area contributed by atoms with Crippen LogP contribution in [0.3, 0.4) is 0 Å². The third-order valence-corrected chi connectivity index (χ3v) is 6.60. The van der Waals surface area contributed by atoms with E-state index in [1.165, 1.54) is 24.3 Å². The summed E-state index contributed by atoms with van der Waals surface area (Å²) in [5.41, 5.74) is 0.960. The van der Waals surface area contributed by atoms with Crippen molar-refractivity contribution in [2.24, 2.45) is 0 Å². The van der Waals surface area contributed by atoms with E-state index in [0.717, 1.165) is 36.2 Å². The van der Waals surface area contributed by atoms with Crippen molar-refractivity contribution in [3.05, 3.63) is 125 Å². The van der Waals surface area contributed by atoms with Crippen LogP contribution in [0.1, 0.15) is 46.8 Å². The van der Waals surface area contributed by atoms with E-state index in [0.29, 0.717) is 17.1 Å². The number of nitrogens with one attached hydrogen (secondary N) is 1. The van der Waals surface area contributed by atoms with Gasteiger partial charge in [0.05, 0.1) is 24.3 Å². The lowest BCUT2D eigenvalue weighted by molar-refractivity contribution is -0.253. The number of ether oxygens (including phenoxy) is 2. The summed E-state index contributed by atoms with van der Waals surface area (Å²) in [5, 5.41) is 13.3. The quantitative estimate of drug-likeness (QED) is 0.158. The molecule has 0 aliphatic carbocycles. The molecule has 2 N–H and O–H groups in total. The Bertz CT molecular complexity index is 1510. The Morgan fingerprint density at radius 1 is 0.721 bits per heavy atom. The molecule has 43 heavy (non-hydrogen) atoms. The number of aliphatic hydroxyl groups excluding tert-OH is 1. The summed E-state index contributed by atoms with van der Waals surface area (Å²) in [6, 6.07) is 21.5. The third-order valence-electron chi connectivity index (χ3n) is 6.60. The van der Waals surface area contributed by atoms with Gasteiger partial charge >= 0.3 is 18.7 Å². The van der Waals surface area contributed by atoms with Crippen molar-refractivity contribution in [1.82, 2.24) is 5.32 Å². The summed E-state index contributed by atoms with van der Waals surface area (Å²) in [6.45, 7) is 1.37. The van der Waals surface area contributed by atoms with Crippen LogP contribution in [-0.2, 0) is 12.6 Å². The second-order valence-corrected chi connectivity index (χ2v) is 9.67. The predicted octanol–water partition coefficient (Wildman–Crippen LogP) is 8.71. The molecule has 4 aromatic rings. The number of alkyl halides is 7. The predicted molar refractivity (Wildman–Crippen MR) is 147 cm³/mol.